The zero-order chi connectivity index (χ0) is 32.7. The minimum Gasteiger partial charge on any atom is -0.657 e. The molecule has 0 N–H and O–H groups in total. The third-order valence-corrected chi connectivity index (χ3v) is 9.25. The van der Waals surface area contributed by atoms with Gasteiger partial charge >= 0.3 is 17.1 Å². The molecule has 3 aromatic heterocycles. The number of aromatic nitrogens is 4. The first-order valence-corrected chi connectivity index (χ1v) is 16.7. The van der Waals surface area contributed by atoms with Gasteiger partial charge in [-0.25, -0.2) is 9.97 Å². The van der Waals surface area contributed by atoms with Crippen LogP contribution in [-0.4, -0.2) is 9.97 Å². The molecular formula is C44H28FeN4S. The second-order valence-electron chi connectivity index (χ2n) is 12.0. The van der Waals surface area contributed by atoms with Gasteiger partial charge in [-0.2, -0.15) is 0 Å². The maximum absolute atomic E-state index is 5.31. The predicted molar refractivity (Wildman–Crippen MR) is 206 cm³/mol. The molecule has 0 aliphatic carbocycles. The first-order valence-electron chi connectivity index (χ1n) is 16.2. The van der Waals surface area contributed by atoms with Crippen LogP contribution < -0.4 is 9.97 Å². The Morgan fingerprint density at radius 2 is 0.620 bits per heavy atom. The average Bonchev–Trinajstić information content (AvgIpc) is 3.98. The van der Waals surface area contributed by atoms with Gasteiger partial charge in [-0.15, -0.1) is 34.7 Å². The van der Waals surface area contributed by atoms with E-state index in [0.29, 0.717) is 0 Å². The third-order valence-electron chi connectivity index (χ3n) is 8.95. The largest absolute Gasteiger partial charge is 2.00 e. The summed E-state index contributed by atoms with van der Waals surface area (Å²) in [6, 6.07) is 47.7. The first kappa shape index (κ1) is 31.6. The SMILES string of the molecule is Sc1ccc(-c2c3nc(c(-c4ccccc4)c4ccc([n-]4)c(-c4ccccc4)c4nc(c(-c5ccccc5)c5ccc2[n-]5)C=C4)C=C3)cc1.[Fe+2]. The molecule has 0 atom stereocenters. The van der Waals surface area contributed by atoms with Gasteiger partial charge in [-0.3, -0.25) is 0 Å². The molecule has 0 saturated heterocycles. The number of rotatable bonds is 4. The predicted octanol–water partition coefficient (Wildman–Crippen LogP) is 10.9. The summed E-state index contributed by atoms with van der Waals surface area (Å²) in [4.78, 5) is 22.1. The van der Waals surface area contributed by atoms with Crippen LogP contribution in [0.15, 0.2) is 144 Å². The maximum atomic E-state index is 5.31. The Morgan fingerprint density at radius 1 is 0.340 bits per heavy atom. The van der Waals surface area contributed by atoms with Gasteiger partial charge in [0.1, 0.15) is 0 Å². The number of nitrogens with zero attached hydrogens (tertiary/aromatic N) is 4. The van der Waals surface area contributed by atoms with E-state index in [1.807, 2.05) is 30.3 Å². The van der Waals surface area contributed by atoms with Crippen LogP contribution in [-0.2, 0) is 17.1 Å². The van der Waals surface area contributed by atoms with E-state index in [2.05, 4.69) is 146 Å². The van der Waals surface area contributed by atoms with Crippen molar-refractivity contribution < 1.29 is 17.1 Å². The van der Waals surface area contributed by atoms with Crippen molar-refractivity contribution in [1.82, 2.24) is 19.9 Å². The summed E-state index contributed by atoms with van der Waals surface area (Å²) >= 11 is 4.57. The van der Waals surface area contributed by atoms with Crippen molar-refractivity contribution in [3.63, 3.8) is 0 Å². The zero-order valence-corrected chi connectivity index (χ0v) is 28.7. The molecule has 0 unspecified atom stereocenters. The molecule has 4 nitrogen and oxygen atoms in total. The van der Waals surface area contributed by atoms with E-state index in [4.69, 9.17) is 19.9 Å². The molecule has 0 spiro atoms. The molecule has 238 valence electrons. The van der Waals surface area contributed by atoms with E-state index >= 15 is 0 Å². The number of fused-ring (bicyclic) bond motifs is 8. The second kappa shape index (κ2) is 13.3. The normalized spacial score (nSPS) is 11.8. The van der Waals surface area contributed by atoms with Crippen LogP contribution >= 0.6 is 12.6 Å². The van der Waals surface area contributed by atoms with E-state index in [0.717, 1.165) is 94.2 Å². The first-order chi connectivity index (χ1) is 24.2. The fourth-order valence-electron chi connectivity index (χ4n) is 6.71. The molecule has 8 bridgehead atoms. The van der Waals surface area contributed by atoms with Gasteiger partial charge in [0.05, 0.1) is 22.8 Å². The number of benzene rings is 4. The van der Waals surface area contributed by atoms with Crippen LogP contribution in [0.3, 0.4) is 0 Å². The van der Waals surface area contributed by atoms with Crippen molar-refractivity contribution in [1.29, 1.82) is 0 Å². The minimum absolute atomic E-state index is 0. The van der Waals surface area contributed by atoms with E-state index in [1.54, 1.807) is 0 Å². The molecule has 0 fully saturated rings. The van der Waals surface area contributed by atoms with Crippen molar-refractivity contribution in [3.05, 3.63) is 162 Å². The van der Waals surface area contributed by atoms with Gasteiger partial charge < -0.3 is 9.97 Å². The smallest absolute Gasteiger partial charge is 0.657 e. The fourth-order valence-corrected chi connectivity index (χ4v) is 6.86. The standard InChI is InChI=1S/C44H28N4S.Fe/c49-32-18-16-31(17-19-32)44-39-26-24-37(47-39)42(29-12-6-2-7-13-29)35-22-20-33(45-35)41(28-10-4-1-5-11-28)34-21-23-36(46-34)43(30-14-8-3-9-15-30)38-25-27-40(44)48-38;/h1-27H,(H-2,45,46,47,48,49);/q-2;+2. The Balaban J connectivity index is 0.00000361. The van der Waals surface area contributed by atoms with E-state index in [-0.39, 0.29) is 17.1 Å². The Hall–Kier alpha value is -5.65. The molecule has 2 aliphatic heterocycles. The second-order valence-corrected chi connectivity index (χ2v) is 12.5. The van der Waals surface area contributed by atoms with Crippen molar-refractivity contribution in [2.45, 2.75) is 4.90 Å². The summed E-state index contributed by atoms with van der Waals surface area (Å²) in [6.45, 7) is 0. The van der Waals surface area contributed by atoms with Crippen LogP contribution in [0, 0.1) is 0 Å². The molecule has 5 heterocycles. The Bertz CT molecular complexity index is 2550. The van der Waals surface area contributed by atoms with Gasteiger partial charge in [0.15, 0.2) is 0 Å². The number of hydrogen-bond acceptors (Lipinski definition) is 3. The number of thiol groups is 1. The maximum Gasteiger partial charge on any atom is 2.00 e. The number of hydrogen-bond donors (Lipinski definition) is 1. The molecule has 0 radical (unpaired) electrons. The molecule has 0 saturated carbocycles. The summed E-state index contributed by atoms with van der Waals surface area (Å²) in [5.74, 6) is 0. The summed E-state index contributed by atoms with van der Waals surface area (Å²) < 4.78 is 0. The van der Waals surface area contributed by atoms with Crippen molar-refractivity contribution in [2.24, 2.45) is 0 Å². The van der Waals surface area contributed by atoms with Crippen LogP contribution in [0.1, 0.15) is 22.8 Å². The van der Waals surface area contributed by atoms with E-state index < -0.39 is 0 Å². The van der Waals surface area contributed by atoms with Crippen LogP contribution in [0.2, 0.25) is 0 Å². The van der Waals surface area contributed by atoms with Gasteiger partial charge in [-0.05, 0) is 80.9 Å². The van der Waals surface area contributed by atoms with Crippen LogP contribution in [0.25, 0.3) is 90.9 Å². The molecule has 50 heavy (non-hydrogen) atoms. The third kappa shape index (κ3) is 5.74. The molecule has 9 rings (SSSR count). The summed E-state index contributed by atoms with van der Waals surface area (Å²) in [7, 11) is 0. The van der Waals surface area contributed by atoms with Crippen LogP contribution in [0.4, 0.5) is 0 Å². The topological polar surface area (TPSA) is 54.0 Å². The van der Waals surface area contributed by atoms with E-state index in [1.165, 1.54) is 0 Å². The van der Waals surface area contributed by atoms with Crippen molar-refractivity contribution in [3.8, 4) is 44.5 Å². The quantitative estimate of drug-likeness (QED) is 0.147. The Kier molecular flexibility index (Phi) is 8.43. The van der Waals surface area contributed by atoms with E-state index in [9.17, 15) is 0 Å². The van der Waals surface area contributed by atoms with Crippen molar-refractivity contribution in [2.75, 3.05) is 0 Å². The molecule has 7 aromatic rings. The zero-order valence-electron chi connectivity index (χ0n) is 26.7. The van der Waals surface area contributed by atoms with Gasteiger partial charge in [0.25, 0.3) is 0 Å². The minimum atomic E-state index is 0. The fraction of sp³-hybridized carbons (Fsp3) is 0. The summed E-state index contributed by atoms with van der Waals surface area (Å²) in [5.41, 5.74) is 14.8. The molecule has 6 heteroatoms. The Morgan fingerprint density at radius 3 is 0.920 bits per heavy atom. The Labute approximate surface area is 306 Å². The van der Waals surface area contributed by atoms with Gasteiger partial charge in [0, 0.05) is 4.90 Å². The van der Waals surface area contributed by atoms with Crippen LogP contribution in [0.5, 0.6) is 0 Å². The van der Waals surface area contributed by atoms with Gasteiger partial charge in [0.2, 0.25) is 0 Å². The summed E-state index contributed by atoms with van der Waals surface area (Å²) in [5, 5.41) is 0. The van der Waals surface area contributed by atoms with Crippen molar-refractivity contribution >= 4 is 59.0 Å². The average molecular weight is 701 g/mol. The summed E-state index contributed by atoms with van der Waals surface area (Å²) in [6.07, 6.45) is 8.38. The molecular weight excluding hydrogens is 672 g/mol. The molecule has 0 amide bonds. The molecule has 4 aromatic carbocycles. The molecule has 2 aliphatic rings. The van der Waals surface area contributed by atoms with Gasteiger partial charge in [-0.1, -0.05) is 127 Å². The monoisotopic (exact) mass is 700 g/mol.